The molecule has 2 unspecified atom stereocenters. The molecule has 0 heterocycles. The summed E-state index contributed by atoms with van der Waals surface area (Å²) in [5.41, 5.74) is 1.28. The lowest BCUT2D eigenvalue weighted by molar-refractivity contribution is 0.159. The highest BCUT2D eigenvalue weighted by Crippen LogP contribution is 2.69. The van der Waals surface area contributed by atoms with Crippen LogP contribution in [-0.2, 0) is 0 Å². The Morgan fingerprint density at radius 2 is 1.81 bits per heavy atom. The van der Waals surface area contributed by atoms with Gasteiger partial charge in [-0.15, -0.1) is 0 Å². The molecule has 2 heteroatoms. The van der Waals surface area contributed by atoms with Gasteiger partial charge in [0, 0.05) is 12.0 Å². The van der Waals surface area contributed by atoms with Gasteiger partial charge >= 0.3 is 0 Å². The summed E-state index contributed by atoms with van der Waals surface area (Å²) >= 11 is 0. The minimum Gasteiger partial charge on any atom is -0.396 e. The molecular formula is C14H19FO. The molecule has 0 aromatic heterocycles. The number of aliphatic hydroxyl groups is 1. The number of benzene rings is 1. The molecule has 1 aliphatic carbocycles. The second kappa shape index (κ2) is 3.56. The highest BCUT2D eigenvalue weighted by Gasteiger charge is 2.63. The minimum absolute atomic E-state index is 0.0230. The molecule has 1 aromatic carbocycles. The van der Waals surface area contributed by atoms with Gasteiger partial charge in [-0.05, 0) is 35.4 Å². The average Bonchev–Trinajstić information content (AvgIpc) is 2.82. The van der Waals surface area contributed by atoms with Crippen molar-refractivity contribution >= 4 is 0 Å². The van der Waals surface area contributed by atoms with E-state index in [2.05, 4.69) is 20.8 Å². The molecule has 1 aliphatic rings. The summed E-state index contributed by atoms with van der Waals surface area (Å²) in [6, 6.07) is 6.64. The van der Waals surface area contributed by atoms with Crippen LogP contribution in [0.15, 0.2) is 24.3 Å². The van der Waals surface area contributed by atoms with Gasteiger partial charge in [0.15, 0.2) is 0 Å². The van der Waals surface area contributed by atoms with Crippen LogP contribution >= 0.6 is 0 Å². The van der Waals surface area contributed by atoms with Crippen molar-refractivity contribution in [2.45, 2.75) is 33.1 Å². The topological polar surface area (TPSA) is 20.2 Å². The van der Waals surface area contributed by atoms with Gasteiger partial charge in [0.25, 0.3) is 0 Å². The van der Waals surface area contributed by atoms with Crippen LogP contribution in [0.3, 0.4) is 0 Å². The van der Waals surface area contributed by atoms with Crippen LogP contribution in [0.1, 0.15) is 38.7 Å². The third-order valence-electron chi connectivity index (χ3n) is 4.46. The lowest BCUT2D eigenvalue weighted by Gasteiger charge is -2.26. The van der Waals surface area contributed by atoms with E-state index < -0.39 is 0 Å². The van der Waals surface area contributed by atoms with Crippen molar-refractivity contribution in [1.29, 1.82) is 0 Å². The highest BCUT2D eigenvalue weighted by molar-refractivity contribution is 5.28. The molecule has 0 radical (unpaired) electrons. The highest BCUT2D eigenvalue weighted by atomic mass is 19.1. The van der Waals surface area contributed by atoms with Crippen LogP contribution < -0.4 is 0 Å². The van der Waals surface area contributed by atoms with Crippen molar-refractivity contribution in [3.63, 3.8) is 0 Å². The second-order valence-electron chi connectivity index (χ2n) is 5.65. The van der Waals surface area contributed by atoms with E-state index in [-0.39, 0.29) is 29.2 Å². The molecule has 88 valence electrons. The molecule has 0 saturated heterocycles. The van der Waals surface area contributed by atoms with Gasteiger partial charge in [0.2, 0.25) is 0 Å². The molecule has 0 spiro atoms. The van der Waals surface area contributed by atoms with E-state index in [1.54, 1.807) is 0 Å². The Bertz CT molecular complexity index is 382. The Morgan fingerprint density at radius 1 is 1.31 bits per heavy atom. The van der Waals surface area contributed by atoms with Gasteiger partial charge in [-0.1, -0.05) is 32.9 Å². The van der Waals surface area contributed by atoms with Crippen molar-refractivity contribution in [3.05, 3.63) is 35.6 Å². The fraction of sp³-hybridized carbons (Fsp3) is 0.571. The summed E-state index contributed by atoms with van der Waals surface area (Å²) in [6.07, 6.45) is 1.04. The molecule has 2 rings (SSSR count). The van der Waals surface area contributed by atoms with Gasteiger partial charge in [-0.3, -0.25) is 0 Å². The molecule has 1 nitrogen and oxygen atoms in total. The first kappa shape index (κ1) is 11.6. The van der Waals surface area contributed by atoms with Gasteiger partial charge in [-0.2, -0.15) is 0 Å². The van der Waals surface area contributed by atoms with E-state index in [0.717, 1.165) is 12.0 Å². The number of aliphatic hydroxyl groups excluding tert-OH is 1. The normalized spacial score (nSPS) is 28.8. The lowest BCUT2D eigenvalue weighted by Crippen LogP contribution is -2.21. The Hall–Kier alpha value is -0.890. The van der Waals surface area contributed by atoms with Crippen LogP contribution in [0.5, 0.6) is 0 Å². The molecule has 1 fully saturated rings. The number of hydrogen-bond donors (Lipinski definition) is 1. The third kappa shape index (κ3) is 1.56. The number of rotatable bonds is 3. The van der Waals surface area contributed by atoms with Gasteiger partial charge < -0.3 is 5.11 Å². The fourth-order valence-electron chi connectivity index (χ4n) is 2.96. The van der Waals surface area contributed by atoms with Crippen molar-refractivity contribution in [3.8, 4) is 0 Å². The molecule has 16 heavy (non-hydrogen) atoms. The zero-order chi connectivity index (χ0) is 12.0. The van der Waals surface area contributed by atoms with Crippen LogP contribution in [0, 0.1) is 16.6 Å². The summed E-state index contributed by atoms with van der Waals surface area (Å²) in [4.78, 5) is 0. The smallest absolute Gasteiger partial charge is 0.123 e. The standard InChI is InChI=1S/C14H19FO/c1-10(11-4-6-12(15)7-5-11)14(9-16)8-13(14,2)3/h4-7,10,16H,8-9H2,1-3H3. The summed E-state index contributed by atoms with van der Waals surface area (Å²) in [5.74, 6) is 0.0668. The van der Waals surface area contributed by atoms with Crippen LogP contribution in [0.25, 0.3) is 0 Å². The molecule has 0 aliphatic heterocycles. The van der Waals surface area contributed by atoms with Crippen molar-refractivity contribution in [2.24, 2.45) is 10.8 Å². The van der Waals surface area contributed by atoms with E-state index >= 15 is 0 Å². The van der Waals surface area contributed by atoms with Gasteiger partial charge in [0.05, 0.1) is 0 Å². The van der Waals surface area contributed by atoms with Gasteiger partial charge in [0.1, 0.15) is 5.82 Å². The van der Waals surface area contributed by atoms with E-state index in [1.165, 1.54) is 12.1 Å². The Balaban J connectivity index is 2.26. The number of halogens is 1. The Kier molecular flexibility index (Phi) is 2.58. The summed E-state index contributed by atoms with van der Waals surface area (Å²) in [7, 11) is 0. The molecule has 0 bridgehead atoms. The Morgan fingerprint density at radius 3 is 2.19 bits per heavy atom. The quantitative estimate of drug-likeness (QED) is 0.831. The third-order valence-corrected chi connectivity index (χ3v) is 4.46. The predicted molar refractivity (Wildman–Crippen MR) is 62.7 cm³/mol. The second-order valence-corrected chi connectivity index (χ2v) is 5.65. The zero-order valence-corrected chi connectivity index (χ0v) is 10.1. The maximum Gasteiger partial charge on any atom is 0.123 e. The predicted octanol–water partition coefficient (Wildman–Crippen LogP) is 3.34. The maximum absolute atomic E-state index is 12.8. The summed E-state index contributed by atoms with van der Waals surface area (Å²) in [5, 5.41) is 9.60. The molecule has 1 N–H and O–H groups in total. The van der Waals surface area contributed by atoms with E-state index in [9.17, 15) is 9.50 Å². The van der Waals surface area contributed by atoms with Crippen molar-refractivity contribution < 1.29 is 9.50 Å². The van der Waals surface area contributed by atoms with Crippen molar-refractivity contribution in [2.75, 3.05) is 6.61 Å². The molecular weight excluding hydrogens is 203 g/mol. The molecule has 0 amide bonds. The fourth-order valence-corrected chi connectivity index (χ4v) is 2.96. The lowest BCUT2D eigenvalue weighted by atomic mass is 9.80. The minimum atomic E-state index is -0.205. The van der Waals surface area contributed by atoms with E-state index in [1.807, 2.05) is 12.1 Å². The Labute approximate surface area is 96.3 Å². The van der Waals surface area contributed by atoms with E-state index in [0.29, 0.717) is 0 Å². The monoisotopic (exact) mass is 222 g/mol. The maximum atomic E-state index is 12.8. The van der Waals surface area contributed by atoms with Crippen LogP contribution in [0.2, 0.25) is 0 Å². The van der Waals surface area contributed by atoms with Crippen LogP contribution in [-0.4, -0.2) is 11.7 Å². The molecule has 1 aromatic rings. The first-order valence-electron chi connectivity index (χ1n) is 5.79. The zero-order valence-electron chi connectivity index (χ0n) is 10.1. The largest absolute Gasteiger partial charge is 0.396 e. The molecule has 1 saturated carbocycles. The summed E-state index contributed by atoms with van der Waals surface area (Å²) in [6.45, 7) is 6.70. The molecule has 2 atom stereocenters. The van der Waals surface area contributed by atoms with Crippen LogP contribution in [0.4, 0.5) is 4.39 Å². The van der Waals surface area contributed by atoms with E-state index in [4.69, 9.17) is 0 Å². The van der Waals surface area contributed by atoms with Crippen molar-refractivity contribution in [1.82, 2.24) is 0 Å². The SMILES string of the molecule is CC(c1ccc(F)cc1)C1(CO)CC1(C)C. The van der Waals surface area contributed by atoms with Gasteiger partial charge in [-0.25, -0.2) is 4.39 Å². The summed E-state index contributed by atoms with van der Waals surface area (Å²) < 4.78 is 12.8. The number of hydrogen-bond acceptors (Lipinski definition) is 1. The average molecular weight is 222 g/mol. The first-order chi connectivity index (χ1) is 7.43. The first-order valence-corrected chi connectivity index (χ1v) is 5.79.